The first-order valence-electron chi connectivity index (χ1n) is 11.8. The van der Waals surface area contributed by atoms with Gasteiger partial charge in [0.05, 0.1) is 26.7 Å². The second kappa shape index (κ2) is 10.6. The maximum atomic E-state index is 15.0. The lowest BCUT2D eigenvalue weighted by Gasteiger charge is -2.43. The van der Waals surface area contributed by atoms with Gasteiger partial charge in [0.15, 0.2) is 9.84 Å². The number of halogens is 6. The Balaban J connectivity index is 0.00000400. The number of alkyl halides is 3. The van der Waals surface area contributed by atoms with Gasteiger partial charge in [0, 0.05) is 24.4 Å². The number of fused-ring (bicyclic) bond motifs is 1. The quantitative estimate of drug-likeness (QED) is 0.453. The molecule has 6 nitrogen and oxygen atoms in total. The molecule has 13 heteroatoms. The van der Waals surface area contributed by atoms with Gasteiger partial charge in [-0.05, 0) is 56.1 Å². The first kappa shape index (κ1) is 30.6. The van der Waals surface area contributed by atoms with Crippen molar-refractivity contribution in [3.63, 3.8) is 0 Å². The Kier molecular flexibility index (Phi) is 8.52. The van der Waals surface area contributed by atoms with E-state index in [1.165, 1.54) is 6.07 Å². The fourth-order valence-corrected chi connectivity index (χ4v) is 6.40. The van der Waals surface area contributed by atoms with Crippen molar-refractivity contribution in [2.75, 3.05) is 30.8 Å². The average Bonchev–Trinajstić information content (AvgIpc) is 2.98. The summed E-state index contributed by atoms with van der Waals surface area (Å²) < 4.78 is 82.5. The Bertz CT molecular complexity index is 1330. The molecule has 2 aromatic rings. The summed E-state index contributed by atoms with van der Waals surface area (Å²) in [6.45, 7) is 5.60. The zero-order valence-corrected chi connectivity index (χ0v) is 23.2. The van der Waals surface area contributed by atoms with E-state index >= 15 is 0 Å². The molecule has 1 fully saturated rings. The van der Waals surface area contributed by atoms with E-state index in [2.05, 4.69) is 4.90 Å². The minimum Gasteiger partial charge on any atom is -0.372 e. The molecule has 4 rings (SSSR count). The van der Waals surface area contributed by atoms with Crippen LogP contribution in [0.1, 0.15) is 43.4 Å². The second-order valence-corrected chi connectivity index (χ2v) is 12.0. The first-order chi connectivity index (χ1) is 17.1. The predicted octanol–water partition coefficient (Wildman–Crippen LogP) is 5.03. The number of hydrogen-bond acceptors (Lipinski definition) is 5. The van der Waals surface area contributed by atoms with Crippen LogP contribution in [-0.2, 0) is 26.4 Å². The lowest BCUT2D eigenvalue weighted by Crippen LogP contribution is -2.50. The molecule has 1 saturated carbocycles. The number of sulfone groups is 1. The van der Waals surface area contributed by atoms with Crippen molar-refractivity contribution < 1.29 is 35.9 Å². The Morgan fingerprint density at radius 3 is 2.26 bits per heavy atom. The van der Waals surface area contributed by atoms with Gasteiger partial charge < -0.3 is 14.9 Å². The summed E-state index contributed by atoms with van der Waals surface area (Å²) in [4.78, 5) is 16.3. The highest BCUT2D eigenvalue weighted by Crippen LogP contribution is 2.53. The Morgan fingerprint density at radius 2 is 1.76 bits per heavy atom. The van der Waals surface area contributed by atoms with Crippen LogP contribution in [0.25, 0.3) is 0 Å². The molecule has 1 aliphatic carbocycles. The fraction of sp³-hybridized carbons (Fsp3) is 0.480. The van der Waals surface area contributed by atoms with Gasteiger partial charge in [-0.1, -0.05) is 31.5 Å². The van der Waals surface area contributed by atoms with Crippen LogP contribution < -0.4 is 4.90 Å². The van der Waals surface area contributed by atoms with Crippen LogP contribution in [0.15, 0.2) is 35.2 Å². The SMILES string of the molecule is CCN(CC)C1CC(CN2C(=O)C(O)(c3c(F)cccc3Cl)c3c2cc(S(C)(=O)=O)cc3C(F)(F)F)C1.Cl. The van der Waals surface area contributed by atoms with E-state index in [1.54, 1.807) is 0 Å². The highest BCUT2D eigenvalue weighted by Gasteiger charge is 2.58. The topological polar surface area (TPSA) is 77.9 Å². The van der Waals surface area contributed by atoms with E-state index in [9.17, 15) is 35.9 Å². The van der Waals surface area contributed by atoms with Crippen LogP contribution in [0.4, 0.5) is 23.2 Å². The summed E-state index contributed by atoms with van der Waals surface area (Å²) in [6, 6.07) is 4.78. The van der Waals surface area contributed by atoms with E-state index in [0.29, 0.717) is 18.9 Å². The largest absolute Gasteiger partial charge is 0.416 e. The molecule has 2 aliphatic rings. The number of aliphatic hydroxyl groups is 1. The summed E-state index contributed by atoms with van der Waals surface area (Å²) in [7, 11) is -4.14. The lowest BCUT2D eigenvalue weighted by molar-refractivity contribution is -0.142. The van der Waals surface area contributed by atoms with E-state index in [-0.39, 0.29) is 30.9 Å². The number of nitrogens with zero attached hydrogens (tertiary/aromatic N) is 2. The molecule has 0 aromatic heterocycles. The third-order valence-corrected chi connectivity index (χ3v) is 8.74. The van der Waals surface area contributed by atoms with E-state index in [0.717, 1.165) is 42.4 Å². The number of amides is 1. The monoisotopic (exact) mass is 598 g/mol. The van der Waals surface area contributed by atoms with Gasteiger partial charge in [-0.3, -0.25) is 4.79 Å². The van der Waals surface area contributed by atoms with Gasteiger partial charge in [-0.25, -0.2) is 12.8 Å². The minimum atomic E-state index is -5.17. The Labute approximate surface area is 229 Å². The van der Waals surface area contributed by atoms with Crippen LogP contribution in [0.3, 0.4) is 0 Å². The zero-order chi connectivity index (χ0) is 27.5. The van der Waals surface area contributed by atoms with Gasteiger partial charge in [0.1, 0.15) is 5.82 Å². The van der Waals surface area contributed by atoms with Gasteiger partial charge in [-0.15, -0.1) is 12.4 Å². The van der Waals surface area contributed by atoms with Crippen LogP contribution in [0.2, 0.25) is 5.02 Å². The van der Waals surface area contributed by atoms with E-state index in [1.807, 2.05) is 13.8 Å². The molecule has 1 N–H and O–H groups in total. The molecule has 0 radical (unpaired) electrons. The molecular weight excluding hydrogens is 571 g/mol. The summed E-state index contributed by atoms with van der Waals surface area (Å²) >= 11 is 6.13. The Morgan fingerprint density at radius 1 is 1.16 bits per heavy atom. The van der Waals surface area contributed by atoms with Crippen molar-refractivity contribution in [3.8, 4) is 0 Å². The number of rotatable bonds is 7. The molecule has 1 aliphatic heterocycles. The van der Waals surface area contributed by atoms with Gasteiger partial charge in [0.2, 0.25) is 5.60 Å². The molecule has 38 heavy (non-hydrogen) atoms. The lowest BCUT2D eigenvalue weighted by atomic mass is 9.78. The maximum absolute atomic E-state index is 15.0. The smallest absolute Gasteiger partial charge is 0.372 e. The van der Waals surface area contributed by atoms with E-state index in [4.69, 9.17) is 11.6 Å². The van der Waals surface area contributed by atoms with Crippen molar-refractivity contribution in [1.29, 1.82) is 0 Å². The van der Waals surface area contributed by atoms with Crippen molar-refractivity contribution >= 4 is 45.4 Å². The second-order valence-electron chi connectivity index (χ2n) is 9.57. The molecule has 1 unspecified atom stereocenters. The standard InChI is InChI=1S/C25H27ClF4N2O4S.ClH/c1-4-31(5-2)15-9-14(10-15)13-32-20-12-16(37(3,35)36)11-17(25(28,29)30)21(20)24(34,23(32)33)22-18(26)7-6-8-19(22)27;/h6-8,11-12,14-15,34H,4-5,9-10,13H2,1-3H3;1H. The summed E-state index contributed by atoms with van der Waals surface area (Å²) in [5.74, 6) is -2.49. The number of carbonyl (C=O) groups is 1. The van der Waals surface area contributed by atoms with Crippen LogP contribution >= 0.6 is 24.0 Å². The van der Waals surface area contributed by atoms with Gasteiger partial charge in [0.25, 0.3) is 5.91 Å². The molecule has 210 valence electrons. The predicted molar refractivity (Wildman–Crippen MR) is 138 cm³/mol. The van der Waals surface area contributed by atoms with Crippen molar-refractivity contribution in [2.45, 2.75) is 49.4 Å². The average molecular weight is 599 g/mol. The molecule has 1 heterocycles. The van der Waals surface area contributed by atoms with Gasteiger partial charge in [-0.2, -0.15) is 13.2 Å². The minimum absolute atomic E-state index is 0. The molecule has 2 aromatic carbocycles. The van der Waals surface area contributed by atoms with Crippen molar-refractivity contribution in [1.82, 2.24) is 4.90 Å². The van der Waals surface area contributed by atoms with Crippen molar-refractivity contribution in [2.24, 2.45) is 5.92 Å². The highest BCUT2D eigenvalue weighted by molar-refractivity contribution is 7.90. The molecule has 0 spiro atoms. The third kappa shape index (κ3) is 5.03. The number of anilines is 1. The summed E-state index contributed by atoms with van der Waals surface area (Å²) in [6.07, 6.45) is -3.09. The van der Waals surface area contributed by atoms with Crippen molar-refractivity contribution in [3.05, 3.63) is 57.9 Å². The highest BCUT2D eigenvalue weighted by atomic mass is 35.5. The third-order valence-electron chi connectivity index (χ3n) is 7.34. The molecule has 1 atom stereocenters. The zero-order valence-electron chi connectivity index (χ0n) is 20.8. The molecule has 1 amide bonds. The number of benzene rings is 2. The van der Waals surface area contributed by atoms with Crippen LogP contribution in [-0.4, -0.2) is 56.3 Å². The normalized spacial score (nSPS) is 23.3. The molecule has 0 saturated heterocycles. The first-order valence-corrected chi connectivity index (χ1v) is 14.1. The van der Waals surface area contributed by atoms with Crippen LogP contribution in [0, 0.1) is 11.7 Å². The van der Waals surface area contributed by atoms with E-state index < -0.39 is 65.6 Å². The molecular formula is C25H28Cl2F4N2O4S. The summed E-state index contributed by atoms with van der Waals surface area (Å²) in [5, 5.41) is 11.3. The number of carbonyl (C=O) groups excluding carboxylic acids is 1. The number of hydrogen-bond donors (Lipinski definition) is 1. The Hall–Kier alpha value is -1.92. The molecule has 0 bridgehead atoms. The summed E-state index contributed by atoms with van der Waals surface area (Å²) in [5.41, 5.74) is -6.81. The van der Waals surface area contributed by atoms with Gasteiger partial charge >= 0.3 is 6.18 Å². The fourth-order valence-electron chi connectivity index (χ4n) is 5.45. The van der Waals surface area contributed by atoms with Crippen LogP contribution in [0.5, 0.6) is 0 Å². The maximum Gasteiger partial charge on any atom is 0.416 e.